The van der Waals surface area contributed by atoms with E-state index in [-0.39, 0.29) is 25.3 Å². The number of benzene rings is 2. The van der Waals surface area contributed by atoms with E-state index in [1.165, 1.54) is 47.1 Å². The number of hydrogen-bond donors (Lipinski definition) is 1. The molecule has 228 valence electrons. The van der Waals surface area contributed by atoms with E-state index in [0.29, 0.717) is 21.6 Å². The van der Waals surface area contributed by atoms with Gasteiger partial charge in [0, 0.05) is 45.6 Å². The first-order chi connectivity index (χ1) is 21.8. The Morgan fingerprint density at radius 3 is 2.62 bits per heavy atom. The van der Waals surface area contributed by atoms with Crippen molar-refractivity contribution in [2.45, 2.75) is 57.8 Å². The fraction of sp³-hybridized carbons (Fsp3) is 0.294. The molecular formula is C34H31FN6O3S. The van der Waals surface area contributed by atoms with Gasteiger partial charge in [-0.15, -0.1) is 11.3 Å². The first-order valence-corrected chi connectivity index (χ1v) is 15.9. The number of fused-ring (bicyclic) bond motifs is 2. The molecule has 4 heterocycles. The molecule has 1 aliphatic heterocycles. The highest BCUT2D eigenvalue weighted by Gasteiger charge is 2.40. The molecule has 0 spiro atoms. The molecule has 2 atom stereocenters. The van der Waals surface area contributed by atoms with Crippen LogP contribution in [-0.4, -0.2) is 61.0 Å². The van der Waals surface area contributed by atoms with Gasteiger partial charge in [0.25, 0.3) is 0 Å². The molecule has 9 nitrogen and oxygen atoms in total. The number of hydrogen-bond acceptors (Lipinski definition) is 7. The van der Waals surface area contributed by atoms with Crippen LogP contribution in [-0.2, 0) is 29.0 Å². The van der Waals surface area contributed by atoms with Crippen LogP contribution in [0.2, 0.25) is 0 Å². The Labute approximate surface area is 263 Å². The van der Waals surface area contributed by atoms with E-state index in [4.69, 9.17) is 0 Å². The summed E-state index contributed by atoms with van der Waals surface area (Å²) in [7, 11) is 0. The van der Waals surface area contributed by atoms with E-state index < -0.39 is 24.0 Å². The summed E-state index contributed by atoms with van der Waals surface area (Å²) in [4.78, 5) is 45.4. The predicted molar refractivity (Wildman–Crippen MR) is 171 cm³/mol. The summed E-state index contributed by atoms with van der Waals surface area (Å²) < 4.78 is 16.4. The van der Waals surface area contributed by atoms with Crippen LogP contribution >= 0.6 is 11.3 Å². The Morgan fingerprint density at radius 2 is 1.82 bits per heavy atom. The van der Waals surface area contributed by atoms with E-state index in [0.717, 1.165) is 35.2 Å². The van der Waals surface area contributed by atoms with Gasteiger partial charge in [-0.2, -0.15) is 10.2 Å². The number of alkyl halides is 1. The number of anilines is 1. The minimum absolute atomic E-state index is 0.0882. The highest BCUT2D eigenvalue weighted by Crippen LogP contribution is 2.32. The number of nitrogens with one attached hydrogen (secondary N) is 1. The molecule has 2 amide bonds. The quantitative estimate of drug-likeness (QED) is 0.227. The monoisotopic (exact) mass is 622 g/mol. The summed E-state index contributed by atoms with van der Waals surface area (Å²) in [5.74, 6) is -1.01. The standard InChI is InChI=1S/C34H31FN6O3S/c1-20(42)28-17-40(30-9-8-23(13-27(28)30)25-10-11-36-37-15-25)18-32(43)41-16-26(35)14-31(41)33(44)39-34-38-29(19-45-34)24-7-6-21-4-2-3-5-22(21)12-24/h6-13,15,17,19,26,31H,2-5,14,16,18H2,1H3,(H,38,39,44)/t26-,31+/m1/s1. The molecule has 1 aliphatic carbocycles. The molecule has 5 aromatic rings. The normalized spacial score (nSPS) is 17.8. The summed E-state index contributed by atoms with van der Waals surface area (Å²) in [5, 5.41) is 13.6. The van der Waals surface area contributed by atoms with E-state index in [2.05, 4.69) is 38.7 Å². The lowest BCUT2D eigenvalue weighted by Crippen LogP contribution is -2.44. The lowest BCUT2D eigenvalue weighted by Gasteiger charge is -2.23. The lowest BCUT2D eigenvalue weighted by molar-refractivity contribution is -0.137. The Hall–Kier alpha value is -4.77. The summed E-state index contributed by atoms with van der Waals surface area (Å²) >= 11 is 1.30. The fourth-order valence-corrected chi connectivity index (χ4v) is 7.16. The topological polar surface area (TPSA) is 110 Å². The molecule has 0 bridgehead atoms. The molecule has 0 saturated carbocycles. The minimum Gasteiger partial charge on any atom is -0.337 e. The Balaban J connectivity index is 1.08. The summed E-state index contributed by atoms with van der Waals surface area (Å²) in [6.07, 6.45) is 8.04. The van der Waals surface area contributed by atoms with E-state index >= 15 is 0 Å². The molecule has 0 unspecified atom stereocenters. The number of nitrogens with zero attached hydrogens (tertiary/aromatic N) is 5. The summed E-state index contributed by atoms with van der Waals surface area (Å²) in [6.45, 7) is 1.16. The molecule has 7 rings (SSSR count). The second kappa shape index (κ2) is 12.0. The third-order valence-corrected chi connectivity index (χ3v) is 9.49. The fourth-order valence-electron chi connectivity index (χ4n) is 6.44. The van der Waals surface area contributed by atoms with Gasteiger partial charge in [-0.25, -0.2) is 9.37 Å². The van der Waals surface area contributed by atoms with Crippen molar-refractivity contribution in [3.05, 3.63) is 83.1 Å². The van der Waals surface area contributed by atoms with Crippen LogP contribution in [0.5, 0.6) is 0 Å². The maximum Gasteiger partial charge on any atom is 0.249 e. The van der Waals surface area contributed by atoms with E-state index in [1.807, 2.05) is 29.6 Å². The van der Waals surface area contributed by atoms with Crippen molar-refractivity contribution in [3.63, 3.8) is 0 Å². The van der Waals surface area contributed by atoms with Gasteiger partial charge < -0.3 is 14.8 Å². The second-order valence-corrected chi connectivity index (χ2v) is 12.6. The van der Waals surface area contributed by atoms with Crippen molar-refractivity contribution < 1.29 is 18.8 Å². The lowest BCUT2D eigenvalue weighted by atomic mass is 9.90. The molecule has 3 aromatic heterocycles. The van der Waals surface area contributed by atoms with Crippen LogP contribution in [0.15, 0.2) is 66.4 Å². The van der Waals surface area contributed by atoms with Crippen molar-refractivity contribution in [3.8, 4) is 22.4 Å². The van der Waals surface area contributed by atoms with Crippen LogP contribution in [0.3, 0.4) is 0 Å². The Kier molecular flexibility index (Phi) is 7.70. The van der Waals surface area contributed by atoms with Gasteiger partial charge in [0.2, 0.25) is 11.8 Å². The Bertz CT molecular complexity index is 1940. The number of aryl methyl sites for hydroxylation is 2. The van der Waals surface area contributed by atoms with Crippen LogP contribution in [0.1, 0.15) is 47.7 Å². The molecule has 1 fully saturated rings. The highest BCUT2D eigenvalue weighted by atomic mass is 32.1. The van der Waals surface area contributed by atoms with E-state index in [9.17, 15) is 18.8 Å². The zero-order valence-corrected chi connectivity index (χ0v) is 25.5. The first-order valence-electron chi connectivity index (χ1n) is 15.1. The van der Waals surface area contributed by atoms with Crippen molar-refractivity contribution in [1.29, 1.82) is 0 Å². The van der Waals surface area contributed by atoms with Crippen LogP contribution in [0, 0.1) is 0 Å². The van der Waals surface area contributed by atoms with Gasteiger partial charge in [0.1, 0.15) is 18.8 Å². The van der Waals surface area contributed by atoms with Crippen molar-refractivity contribution in [2.24, 2.45) is 0 Å². The van der Waals surface area contributed by atoms with Gasteiger partial charge in [-0.05, 0) is 73.6 Å². The number of likely N-dealkylation sites (tertiary alicyclic amines) is 1. The number of aromatic nitrogens is 4. The molecule has 1 N–H and O–H groups in total. The molecule has 45 heavy (non-hydrogen) atoms. The summed E-state index contributed by atoms with van der Waals surface area (Å²) in [6, 6.07) is 12.9. The maximum atomic E-state index is 14.7. The van der Waals surface area contributed by atoms with Crippen LogP contribution in [0.25, 0.3) is 33.3 Å². The number of carbonyl (C=O) groups is 3. The molecule has 11 heteroatoms. The number of ketones is 1. The third kappa shape index (κ3) is 5.75. The van der Waals surface area contributed by atoms with Crippen LogP contribution in [0.4, 0.5) is 9.52 Å². The maximum absolute atomic E-state index is 14.7. The number of amides is 2. The highest BCUT2D eigenvalue weighted by molar-refractivity contribution is 7.14. The largest absolute Gasteiger partial charge is 0.337 e. The van der Waals surface area contributed by atoms with Crippen molar-refractivity contribution >= 4 is 45.0 Å². The minimum atomic E-state index is -1.32. The van der Waals surface area contributed by atoms with Gasteiger partial charge >= 0.3 is 0 Å². The average Bonchev–Trinajstić information content (AvgIpc) is 3.78. The first kappa shape index (κ1) is 29.0. The number of thiazole rings is 1. The van der Waals surface area contributed by atoms with Crippen molar-refractivity contribution in [1.82, 2.24) is 24.6 Å². The molecule has 2 aliphatic rings. The van der Waals surface area contributed by atoms with Gasteiger partial charge in [0.05, 0.1) is 24.6 Å². The zero-order chi connectivity index (χ0) is 31.1. The molecular weight excluding hydrogens is 591 g/mol. The molecule has 0 radical (unpaired) electrons. The van der Waals surface area contributed by atoms with Gasteiger partial charge in [-0.1, -0.05) is 18.2 Å². The van der Waals surface area contributed by atoms with Gasteiger partial charge in [0.15, 0.2) is 10.9 Å². The number of carbonyl (C=O) groups excluding carboxylic acids is 3. The number of Topliss-reactive ketones (excluding diaryl/α,β-unsaturated/α-hetero) is 1. The zero-order valence-electron chi connectivity index (χ0n) is 24.7. The smallest absolute Gasteiger partial charge is 0.249 e. The van der Waals surface area contributed by atoms with E-state index in [1.54, 1.807) is 23.2 Å². The predicted octanol–water partition coefficient (Wildman–Crippen LogP) is 5.88. The SMILES string of the molecule is CC(=O)c1cn(CC(=O)N2C[C@H](F)C[C@H]2C(=O)Nc2nc(-c3ccc4c(c3)CCCC4)cs2)c2ccc(-c3ccnnc3)cc12. The molecule has 2 aromatic carbocycles. The van der Waals surface area contributed by atoms with Crippen LogP contribution < -0.4 is 5.32 Å². The second-order valence-electron chi connectivity index (χ2n) is 11.7. The van der Waals surface area contributed by atoms with Crippen molar-refractivity contribution in [2.75, 3.05) is 11.9 Å². The Morgan fingerprint density at radius 1 is 1.00 bits per heavy atom. The number of rotatable bonds is 7. The third-order valence-electron chi connectivity index (χ3n) is 8.74. The average molecular weight is 623 g/mol. The van der Waals surface area contributed by atoms with Gasteiger partial charge in [-0.3, -0.25) is 14.4 Å². The molecule has 1 saturated heterocycles. The summed E-state index contributed by atoms with van der Waals surface area (Å²) in [5.41, 5.74) is 7.38. The number of halogens is 1.